The molecule has 0 aliphatic heterocycles. The Morgan fingerprint density at radius 3 is 2.74 bits per heavy atom. The lowest BCUT2D eigenvalue weighted by molar-refractivity contribution is 0.102. The average Bonchev–Trinajstić information content (AvgIpc) is 2.68. The second-order valence-electron chi connectivity index (χ2n) is 4.55. The van der Waals surface area contributed by atoms with Crippen LogP contribution in [0, 0.1) is 13.8 Å². The maximum atomic E-state index is 12.3. The Morgan fingerprint density at radius 2 is 2.16 bits per heavy atom. The molecule has 4 heteroatoms. The number of anilines is 1. The van der Waals surface area contributed by atoms with Crippen LogP contribution in [0.3, 0.4) is 0 Å². The molecule has 1 N–H and O–H groups in total. The number of nitrogens with zero attached hydrogens (tertiary/aromatic N) is 2. The van der Waals surface area contributed by atoms with Gasteiger partial charge < -0.3 is 4.57 Å². The average molecular weight is 255 g/mol. The minimum absolute atomic E-state index is 0.157. The van der Waals surface area contributed by atoms with Gasteiger partial charge in [0.05, 0.1) is 5.69 Å². The zero-order valence-corrected chi connectivity index (χ0v) is 11.4. The fraction of sp³-hybridized carbons (Fsp3) is 0.200. The van der Waals surface area contributed by atoms with Crippen LogP contribution >= 0.6 is 0 Å². The third kappa shape index (κ3) is 2.73. The first-order valence-corrected chi connectivity index (χ1v) is 6.05. The fourth-order valence-electron chi connectivity index (χ4n) is 1.91. The van der Waals surface area contributed by atoms with Gasteiger partial charge in [-0.15, -0.1) is 0 Å². The van der Waals surface area contributed by atoms with E-state index in [1.54, 1.807) is 10.6 Å². The molecule has 0 fully saturated rings. The summed E-state index contributed by atoms with van der Waals surface area (Å²) in [6.07, 6.45) is 3.59. The number of carbonyl (C=O) groups excluding carboxylic acids is 1. The lowest BCUT2D eigenvalue weighted by atomic mass is 10.0. The van der Waals surface area contributed by atoms with Crippen molar-refractivity contribution >= 4 is 17.9 Å². The third-order valence-electron chi connectivity index (χ3n) is 2.96. The number of aromatic nitrogens is 2. The van der Waals surface area contributed by atoms with Gasteiger partial charge >= 0.3 is 0 Å². The molecule has 0 aliphatic carbocycles. The number of rotatable bonds is 3. The molecular weight excluding hydrogens is 238 g/mol. The Labute approximate surface area is 112 Å². The van der Waals surface area contributed by atoms with Gasteiger partial charge in [-0.2, -0.15) is 0 Å². The molecule has 0 radical (unpaired) electrons. The Bertz CT molecular complexity index is 641. The molecule has 0 unspecified atom stereocenters. The standard InChI is InChI=1S/C15H17N3O/c1-5-12-7-6-10(2)13(8-12)14(19)17-15-16-11(3)9-18(15)4/h5-9H,1H2,2-4H3,(H,16,17,19). The molecule has 0 aliphatic rings. The zero-order chi connectivity index (χ0) is 14.0. The predicted molar refractivity (Wildman–Crippen MR) is 77.2 cm³/mol. The van der Waals surface area contributed by atoms with E-state index in [2.05, 4.69) is 16.9 Å². The van der Waals surface area contributed by atoms with Crippen LogP contribution in [0.5, 0.6) is 0 Å². The lowest BCUT2D eigenvalue weighted by Crippen LogP contribution is -2.16. The maximum absolute atomic E-state index is 12.3. The monoisotopic (exact) mass is 255 g/mol. The van der Waals surface area contributed by atoms with Crippen LogP contribution < -0.4 is 5.32 Å². The Morgan fingerprint density at radius 1 is 1.42 bits per heavy atom. The molecule has 1 aromatic carbocycles. The number of carbonyl (C=O) groups is 1. The van der Waals surface area contributed by atoms with Crippen LogP contribution in [-0.2, 0) is 7.05 Å². The van der Waals surface area contributed by atoms with Crippen molar-refractivity contribution in [3.05, 3.63) is 53.4 Å². The normalized spacial score (nSPS) is 10.3. The number of aryl methyl sites for hydroxylation is 3. The first kappa shape index (κ1) is 13.1. The Hall–Kier alpha value is -2.36. The first-order chi connectivity index (χ1) is 9.01. The van der Waals surface area contributed by atoms with Crippen molar-refractivity contribution in [2.24, 2.45) is 7.05 Å². The maximum Gasteiger partial charge on any atom is 0.258 e. The van der Waals surface area contributed by atoms with Crippen molar-refractivity contribution in [1.29, 1.82) is 0 Å². The van der Waals surface area contributed by atoms with Crippen molar-refractivity contribution in [3.63, 3.8) is 0 Å². The molecule has 98 valence electrons. The number of hydrogen-bond donors (Lipinski definition) is 1. The third-order valence-corrected chi connectivity index (χ3v) is 2.96. The van der Waals surface area contributed by atoms with Gasteiger partial charge in [-0.3, -0.25) is 10.1 Å². The van der Waals surface area contributed by atoms with Crippen LogP contribution in [0.15, 0.2) is 31.0 Å². The topological polar surface area (TPSA) is 46.9 Å². The van der Waals surface area contributed by atoms with Gasteiger partial charge in [0, 0.05) is 18.8 Å². The Kier molecular flexibility index (Phi) is 3.51. The van der Waals surface area contributed by atoms with E-state index in [1.165, 1.54) is 0 Å². The highest BCUT2D eigenvalue weighted by Crippen LogP contribution is 2.14. The van der Waals surface area contributed by atoms with Gasteiger partial charge in [0.1, 0.15) is 0 Å². The molecule has 0 saturated carbocycles. The number of nitrogens with one attached hydrogen (secondary N) is 1. The number of hydrogen-bond acceptors (Lipinski definition) is 2. The molecule has 4 nitrogen and oxygen atoms in total. The molecule has 1 heterocycles. The van der Waals surface area contributed by atoms with Gasteiger partial charge in [0.15, 0.2) is 0 Å². The van der Waals surface area contributed by atoms with Gasteiger partial charge in [-0.25, -0.2) is 4.98 Å². The van der Waals surface area contributed by atoms with Crippen molar-refractivity contribution in [2.75, 3.05) is 5.32 Å². The summed E-state index contributed by atoms with van der Waals surface area (Å²) in [5.74, 6) is 0.390. The van der Waals surface area contributed by atoms with E-state index in [0.29, 0.717) is 11.5 Å². The van der Waals surface area contributed by atoms with Crippen LogP contribution in [0.1, 0.15) is 27.2 Å². The number of amides is 1. The Balaban J connectivity index is 2.29. The molecule has 0 spiro atoms. The molecule has 0 saturated heterocycles. The van der Waals surface area contributed by atoms with E-state index < -0.39 is 0 Å². The van der Waals surface area contributed by atoms with Crippen molar-refractivity contribution < 1.29 is 4.79 Å². The van der Waals surface area contributed by atoms with Crippen LogP contribution in [0.4, 0.5) is 5.95 Å². The molecular formula is C15H17N3O. The van der Waals surface area contributed by atoms with E-state index in [9.17, 15) is 4.79 Å². The van der Waals surface area contributed by atoms with Gasteiger partial charge in [-0.05, 0) is 31.0 Å². The zero-order valence-electron chi connectivity index (χ0n) is 11.4. The van der Waals surface area contributed by atoms with Crippen molar-refractivity contribution in [1.82, 2.24) is 9.55 Å². The van der Waals surface area contributed by atoms with Crippen molar-refractivity contribution in [3.8, 4) is 0 Å². The predicted octanol–water partition coefficient (Wildman–Crippen LogP) is 2.93. The molecule has 0 bridgehead atoms. The SMILES string of the molecule is C=Cc1ccc(C)c(C(=O)Nc2nc(C)cn2C)c1. The van der Waals surface area contributed by atoms with Crippen LogP contribution in [0.2, 0.25) is 0 Å². The van der Waals surface area contributed by atoms with Gasteiger partial charge in [-0.1, -0.05) is 24.8 Å². The quantitative estimate of drug-likeness (QED) is 0.916. The highest BCUT2D eigenvalue weighted by atomic mass is 16.1. The minimum Gasteiger partial charge on any atom is -0.320 e. The van der Waals surface area contributed by atoms with E-state index in [1.807, 2.05) is 45.3 Å². The highest BCUT2D eigenvalue weighted by molar-refractivity contribution is 6.04. The van der Waals surface area contributed by atoms with Crippen LogP contribution in [-0.4, -0.2) is 15.5 Å². The summed E-state index contributed by atoms with van der Waals surface area (Å²) in [6, 6.07) is 5.67. The molecule has 1 aromatic heterocycles. The van der Waals surface area contributed by atoms with E-state index >= 15 is 0 Å². The summed E-state index contributed by atoms with van der Waals surface area (Å²) in [6.45, 7) is 7.51. The van der Waals surface area contributed by atoms with E-state index in [4.69, 9.17) is 0 Å². The van der Waals surface area contributed by atoms with Gasteiger partial charge in [0.2, 0.25) is 5.95 Å². The smallest absolute Gasteiger partial charge is 0.258 e. The molecule has 1 amide bonds. The highest BCUT2D eigenvalue weighted by Gasteiger charge is 2.12. The van der Waals surface area contributed by atoms with E-state index in [0.717, 1.165) is 16.8 Å². The second-order valence-corrected chi connectivity index (χ2v) is 4.55. The minimum atomic E-state index is -0.157. The second kappa shape index (κ2) is 5.10. The lowest BCUT2D eigenvalue weighted by Gasteiger charge is -2.08. The summed E-state index contributed by atoms with van der Waals surface area (Å²) in [4.78, 5) is 16.5. The van der Waals surface area contributed by atoms with Crippen molar-refractivity contribution in [2.45, 2.75) is 13.8 Å². The summed E-state index contributed by atoms with van der Waals surface area (Å²) in [5, 5.41) is 2.82. The van der Waals surface area contributed by atoms with E-state index in [-0.39, 0.29) is 5.91 Å². The number of benzene rings is 1. The first-order valence-electron chi connectivity index (χ1n) is 6.05. The fourth-order valence-corrected chi connectivity index (χ4v) is 1.91. The number of imidazole rings is 1. The van der Waals surface area contributed by atoms with Crippen LogP contribution in [0.25, 0.3) is 6.08 Å². The largest absolute Gasteiger partial charge is 0.320 e. The summed E-state index contributed by atoms with van der Waals surface area (Å²) in [5.41, 5.74) is 3.35. The molecule has 19 heavy (non-hydrogen) atoms. The molecule has 0 atom stereocenters. The molecule has 2 aromatic rings. The molecule has 2 rings (SSSR count). The summed E-state index contributed by atoms with van der Waals surface area (Å²) >= 11 is 0. The summed E-state index contributed by atoms with van der Waals surface area (Å²) in [7, 11) is 1.85. The van der Waals surface area contributed by atoms with Gasteiger partial charge in [0.25, 0.3) is 5.91 Å². The summed E-state index contributed by atoms with van der Waals surface area (Å²) < 4.78 is 1.79.